The van der Waals surface area contributed by atoms with Crippen LogP contribution in [-0.2, 0) is 14.9 Å². The van der Waals surface area contributed by atoms with Crippen molar-refractivity contribution >= 4 is 15.8 Å². The minimum Gasteiger partial charge on any atom is -0.373 e. The van der Waals surface area contributed by atoms with Crippen LogP contribution in [0.4, 0.5) is 5.69 Å². The second kappa shape index (κ2) is 5.86. The van der Waals surface area contributed by atoms with Crippen LogP contribution in [0.5, 0.6) is 0 Å². The van der Waals surface area contributed by atoms with Gasteiger partial charge in [-0.25, -0.2) is 0 Å². The number of allylic oxidation sites excluding steroid dienone is 2. The van der Waals surface area contributed by atoms with Crippen molar-refractivity contribution in [3.05, 3.63) is 48.6 Å². The summed E-state index contributed by atoms with van der Waals surface area (Å²) in [6.45, 7) is 0. The fourth-order valence-corrected chi connectivity index (χ4v) is 2.29. The van der Waals surface area contributed by atoms with E-state index in [2.05, 4.69) is 10.2 Å². The van der Waals surface area contributed by atoms with Crippen molar-refractivity contribution in [2.45, 2.75) is 16.7 Å². The number of hydrogen-bond donors (Lipinski definition) is 2. The van der Waals surface area contributed by atoms with Gasteiger partial charge < -0.3 is 4.74 Å². The largest absolute Gasteiger partial charge is 0.373 e. The predicted molar refractivity (Wildman–Crippen MR) is 76.8 cm³/mol. The lowest BCUT2D eigenvalue weighted by Crippen LogP contribution is -2.48. The van der Waals surface area contributed by atoms with Crippen LogP contribution in [0, 0.1) is 0 Å². The van der Waals surface area contributed by atoms with Crippen LogP contribution in [0.25, 0.3) is 0 Å². The first kappa shape index (κ1) is 15.5. The van der Waals surface area contributed by atoms with E-state index in [-0.39, 0.29) is 4.90 Å². The molecule has 2 unspecified atom stereocenters. The van der Waals surface area contributed by atoms with E-state index in [1.807, 2.05) is 0 Å². The molecule has 21 heavy (non-hydrogen) atoms. The van der Waals surface area contributed by atoms with Crippen molar-refractivity contribution in [3.63, 3.8) is 0 Å². The molecule has 1 aliphatic carbocycles. The van der Waals surface area contributed by atoms with Gasteiger partial charge in [0.15, 0.2) is 5.66 Å². The highest BCUT2D eigenvalue weighted by Crippen LogP contribution is 2.23. The number of nitrogens with two attached hydrogens (primary N) is 1. The SMILES string of the molecule is COC1C=CC=CC1(N)N=Nc1ccc(S(=O)(=O)O)cc1. The summed E-state index contributed by atoms with van der Waals surface area (Å²) in [4.78, 5) is -0.209. The zero-order valence-electron chi connectivity index (χ0n) is 11.2. The first-order chi connectivity index (χ1) is 9.85. The molecule has 1 aromatic carbocycles. The first-order valence-corrected chi connectivity index (χ1v) is 7.47. The Morgan fingerprint density at radius 3 is 2.52 bits per heavy atom. The van der Waals surface area contributed by atoms with Crippen LogP contribution < -0.4 is 5.73 Å². The molecule has 0 heterocycles. The number of methoxy groups -OCH3 is 1. The Morgan fingerprint density at radius 2 is 1.95 bits per heavy atom. The Balaban J connectivity index is 2.21. The molecule has 0 amide bonds. The summed E-state index contributed by atoms with van der Waals surface area (Å²) in [5, 5.41) is 8.04. The minimum atomic E-state index is -4.22. The predicted octanol–water partition coefficient (Wildman–Crippen LogP) is 1.81. The normalized spacial score (nSPS) is 25.6. The van der Waals surface area contributed by atoms with Gasteiger partial charge in [-0.15, -0.1) is 0 Å². The van der Waals surface area contributed by atoms with Crippen molar-refractivity contribution in [2.75, 3.05) is 7.11 Å². The van der Waals surface area contributed by atoms with Crippen LogP contribution >= 0.6 is 0 Å². The third kappa shape index (κ3) is 3.61. The van der Waals surface area contributed by atoms with Gasteiger partial charge in [0.25, 0.3) is 10.1 Å². The molecule has 7 nitrogen and oxygen atoms in total. The smallest absolute Gasteiger partial charge is 0.294 e. The van der Waals surface area contributed by atoms with Crippen molar-refractivity contribution in [3.8, 4) is 0 Å². The Kier molecular flexibility index (Phi) is 4.33. The summed E-state index contributed by atoms with van der Waals surface area (Å²) in [5.74, 6) is 0. The fourth-order valence-electron chi connectivity index (χ4n) is 1.81. The summed E-state index contributed by atoms with van der Waals surface area (Å²) < 4.78 is 36.0. The van der Waals surface area contributed by atoms with E-state index in [1.54, 1.807) is 24.3 Å². The first-order valence-electron chi connectivity index (χ1n) is 6.03. The summed E-state index contributed by atoms with van der Waals surface area (Å²) >= 11 is 0. The lowest BCUT2D eigenvalue weighted by molar-refractivity contribution is 0.0904. The maximum atomic E-state index is 10.9. The number of benzene rings is 1. The van der Waals surface area contributed by atoms with Crippen LogP contribution in [0.2, 0.25) is 0 Å². The lowest BCUT2D eigenvalue weighted by atomic mass is 10.00. The van der Waals surface area contributed by atoms with E-state index in [0.717, 1.165) is 0 Å². The van der Waals surface area contributed by atoms with E-state index in [0.29, 0.717) is 5.69 Å². The zero-order valence-corrected chi connectivity index (χ0v) is 12.1. The van der Waals surface area contributed by atoms with Crippen LogP contribution in [-0.4, -0.2) is 31.8 Å². The van der Waals surface area contributed by atoms with Gasteiger partial charge in [-0.2, -0.15) is 18.6 Å². The summed E-state index contributed by atoms with van der Waals surface area (Å²) in [5.41, 5.74) is 5.39. The molecule has 0 aromatic heterocycles. The van der Waals surface area contributed by atoms with E-state index in [1.165, 1.54) is 31.4 Å². The van der Waals surface area contributed by atoms with Crippen molar-refractivity contribution in [2.24, 2.45) is 16.0 Å². The van der Waals surface area contributed by atoms with Gasteiger partial charge in [0.2, 0.25) is 0 Å². The van der Waals surface area contributed by atoms with Crippen molar-refractivity contribution in [1.29, 1.82) is 0 Å². The monoisotopic (exact) mass is 309 g/mol. The molecule has 3 N–H and O–H groups in total. The molecule has 0 bridgehead atoms. The number of ether oxygens (including phenoxy) is 1. The highest BCUT2D eigenvalue weighted by molar-refractivity contribution is 7.85. The average Bonchev–Trinajstić information content (AvgIpc) is 2.45. The molecule has 0 aliphatic heterocycles. The van der Waals surface area contributed by atoms with Crippen LogP contribution in [0.1, 0.15) is 0 Å². The van der Waals surface area contributed by atoms with E-state index >= 15 is 0 Å². The minimum absolute atomic E-state index is 0.209. The fraction of sp³-hybridized carbons (Fsp3) is 0.231. The van der Waals surface area contributed by atoms with Crippen molar-refractivity contribution in [1.82, 2.24) is 0 Å². The second-order valence-corrected chi connectivity index (χ2v) is 5.88. The van der Waals surface area contributed by atoms with Gasteiger partial charge >= 0.3 is 0 Å². The molecule has 0 saturated heterocycles. The third-order valence-corrected chi connectivity index (χ3v) is 3.81. The molecule has 0 radical (unpaired) electrons. The van der Waals surface area contributed by atoms with E-state index < -0.39 is 21.9 Å². The molecule has 1 aromatic rings. The van der Waals surface area contributed by atoms with E-state index in [9.17, 15) is 8.42 Å². The molecule has 2 atom stereocenters. The maximum Gasteiger partial charge on any atom is 0.294 e. The van der Waals surface area contributed by atoms with Gasteiger partial charge in [-0.05, 0) is 30.3 Å². The Morgan fingerprint density at radius 1 is 1.29 bits per heavy atom. The van der Waals surface area contributed by atoms with E-state index in [4.69, 9.17) is 15.0 Å². The van der Waals surface area contributed by atoms with Gasteiger partial charge in [-0.1, -0.05) is 18.2 Å². The second-order valence-electron chi connectivity index (χ2n) is 4.46. The molecule has 1 aliphatic rings. The quantitative estimate of drug-likeness (QED) is 0.650. The molecule has 2 rings (SSSR count). The topological polar surface area (TPSA) is 114 Å². The zero-order chi connectivity index (χ0) is 15.5. The molecule has 8 heteroatoms. The van der Waals surface area contributed by atoms with Gasteiger partial charge in [-0.3, -0.25) is 10.3 Å². The van der Waals surface area contributed by atoms with Gasteiger partial charge in [0.05, 0.1) is 10.6 Å². The molecule has 0 fully saturated rings. The van der Waals surface area contributed by atoms with Gasteiger partial charge in [0.1, 0.15) is 6.10 Å². The summed E-state index contributed by atoms with van der Waals surface area (Å²) in [6.07, 6.45) is 6.53. The molecular weight excluding hydrogens is 294 g/mol. The number of azo groups is 1. The number of rotatable bonds is 4. The Bertz CT molecular complexity index is 695. The standard InChI is InChI=1S/C13H15N3O4S/c1-20-12-4-2-3-9-13(12,14)16-15-10-5-7-11(8-6-10)21(17,18)19/h2-9,12H,14H2,1H3,(H,17,18,19). The van der Waals surface area contributed by atoms with Crippen molar-refractivity contribution < 1.29 is 17.7 Å². The third-order valence-electron chi connectivity index (χ3n) is 2.94. The van der Waals surface area contributed by atoms with Gasteiger partial charge in [0, 0.05) is 7.11 Å². The highest BCUT2D eigenvalue weighted by atomic mass is 32.2. The summed E-state index contributed by atoms with van der Waals surface area (Å²) in [6, 6.07) is 5.30. The average molecular weight is 309 g/mol. The lowest BCUT2D eigenvalue weighted by Gasteiger charge is -2.28. The summed E-state index contributed by atoms with van der Waals surface area (Å²) in [7, 11) is -2.70. The Hall–Kier alpha value is -1.87. The number of hydrogen-bond acceptors (Lipinski definition) is 6. The maximum absolute atomic E-state index is 10.9. The number of nitrogens with zero attached hydrogens (tertiary/aromatic N) is 2. The van der Waals surface area contributed by atoms with Crippen LogP contribution in [0.15, 0.2) is 63.7 Å². The molecule has 112 valence electrons. The molecule has 0 spiro atoms. The highest BCUT2D eigenvalue weighted by Gasteiger charge is 2.32. The molecule has 0 saturated carbocycles. The molecular formula is C13H15N3O4S. The van der Waals surface area contributed by atoms with Crippen LogP contribution in [0.3, 0.4) is 0 Å². The Labute approximate surface area is 122 Å².